The molecule has 1 unspecified atom stereocenters. The maximum absolute atomic E-state index is 4.47. The number of pyridine rings is 1. The van der Waals surface area contributed by atoms with Gasteiger partial charge in [0.05, 0.1) is 0 Å². The first kappa shape index (κ1) is 15.3. The topological polar surface area (TPSA) is 31.4 Å². The number of likely N-dealkylation sites (N-methyl/N-ethyl adjacent to an activating group) is 1. The maximum Gasteiger partial charge on any atom is 0.130 e. The molecule has 112 valence electrons. The summed E-state index contributed by atoms with van der Waals surface area (Å²) in [5.74, 6) is 1.04. The Balaban J connectivity index is 2.10. The van der Waals surface area contributed by atoms with Crippen LogP contribution in [0.3, 0.4) is 0 Å². The summed E-state index contributed by atoms with van der Waals surface area (Å²) in [7, 11) is 2.24. The molecule has 2 rings (SSSR count). The molecule has 0 amide bonds. The first-order valence-corrected chi connectivity index (χ1v) is 7.85. The van der Waals surface area contributed by atoms with Gasteiger partial charge in [-0.2, -0.15) is 0 Å². The monoisotopic (exact) mass is 276 g/mol. The van der Waals surface area contributed by atoms with Crippen molar-refractivity contribution in [3.05, 3.63) is 23.9 Å². The number of nitrogens with zero attached hydrogens (tertiary/aromatic N) is 3. The van der Waals surface area contributed by atoms with Crippen LogP contribution in [0.1, 0.15) is 32.3 Å². The lowest BCUT2D eigenvalue weighted by Crippen LogP contribution is -2.39. The second-order valence-electron chi connectivity index (χ2n) is 5.69. The second-order valence-corrected chi connectivity index (χ2v) is 5.69. The summed E-state index contributed by atoms with van der Waals surface area (Å²) in [6.07, 6.45) is 4.33. The molecule has 20 heavy (non-hydrogen) atoms. The SMILES string of the molecule is CCNc1ncccc1CN1CCCN(C)CC1CC. The van der Waals surface area contributed by atoms with Gasteiger partial charge in [0, 0.05) is 44.0 Å². The Hall–Kier alpha value is -1.13. The maximum atomic E-state index is 4.47. The lowest BCUT2D eigenvalue weighted by molar-refractivity contribution is 0.176. The van der Waals surface area contributed by atoms with Crippen LogP contribution < -0.4 is 5.32 Å². The summed E-state index contributed by atoms with van der Waals surface area (Å²) in [4.78, 5) is 9.56. The molecule has 1 aliphatic heterocycles. The van der Waals surface area contributed by atoms with Gasteiger partial charge in [0.15, 0.2) is 0 Å². The molecule has 0 spiro atoms. The third kappa shape index (κ3) is 3.93. The highest BCUT2D eigenvalue weighted by atomic mass is 15.2. The average Bonchev–Trinajstić information content (AvgIpc) is 2.63. The van der Waals surface area contributed by atoms with Gasteiger partial charge in [0.2, 0.25) is 0 Å². The van der Waals surface area contributed by atoms with Gasteiger partial charge >= 0.3 is 0 Å². The van der Waals surface area contributed by atoms with E-state index in [4.69, 9.17) is 0 Å². The molecule has 0 aromatic carbocycles. The standard InChI is InChI=1S/C16H28N4/c1-4-15-13-19(3)10-7-11-20(15)12-14-8-6-9-18-16(14)17-5-2/h6,8-9,15H,4-5,7,10-13H2,1-3H3,(H,17,18). The highest BCUT2D eigenvalue weighted by Gasteiger charge is 2.22. The molecule has 0 saturated carbocycles. The Labute approximate surface area is 123 Å². The molecule has 1 aliphatic rings. The van der Waals surface area contributed by atoms with Crippen LogP contribution in [0.25, 0.3) is 0 Å². The molecule has 1 atom stereocenters. The van der Waals surface area contributed by atoms with Gasteiger partial charge in [-0.15, -0.1) is 0 Å². The normalized spacial score (nSPS) is 21.6. The third-order valence-electron chi connectivity index (χ3n) is 4.10. The van der Waals surface area contributed by atoms with E-state index in [0.717, 1.165) is 18.9 Å². The molecule has 1 aromatic heterocycles. The van der Waals surface area contributed by atoms with E-state index in [1.54, 1.807) is 0 Å². The minimum absolute atomic E-state index is 0.650. The highest BCUT2D eigenvalue weighted by Crippen LogP contribution is 2.19. The van der Waals surface area contributed by atoms with E-state index in [-0.39, 0.29) is 0 Å². The average molecular weight is 276 g/mol. The van der Waals surface area contributed by atoms with Gasteiger partial charge in [0.25, 0.3) is 0 Å². The highest BCUT2D eigenvalue weighted by molar-refractivity contribution is 5.43. The number of nitrogens with one attached hydrogen (secondary N) is 1. The summed E-state index contributed by atoms with van der Waals surface area (Å²) < 4.78 is 0. The minimum atomic E-state index is 0.650. The Kier molecular flexibility index (Phi) is 5.80. The van der Waals surface area contributed by atoms with Crippen LogP contribution in [0.5, 0.6) is 0 Å². The van der Waals surface area contributed by atoms with Crippen molar-refractivity contribution in [2.24, 2.45) is 0 Å². The molecular formula is C16H28N4. The van der Waals surface area contributed by atoms with Crippen molar-refractivity contribution in [3.63, 3.8) is 0 Å². The van der Waals surface area contributed by atoms with E-state index < -0.39 is 0 Å². The molecule has 4 heteroatoms. The zero-order valence-corrected chi connectivity index (χ0v) is 13.1. The molecule has 1 aromatic rings. The van der Waals surface area contributed by atoms with Crippen molar-refractivity contribution >= 4 is 5.82 Å². The van der Waals surface area contributed by atoms with Crippen LogP contribution in [0.15, 0.2) is 18.3 Å². The summed E-state index contributed by atoms with van der Waals surface area (Å²) in [5.41, 5.74) is 1.32. The van der Waals surface area contributed by atoms with Gasteiger partial charge in [-0.05, 0) is 39.4 Å². The lowest BCUT2D eigenvalue weighted by Gasteiger charge is -2.30. The molecular weight excluding hydrogens is 248 g/mol. The largest absolute Gasteiger partial charge is 0.370 e. The smallest absolute Gasteiger partial charge is 0.130 e. The van der Waals surface area contributed by atoms with Crippen molar-refractivity contribution in [2.45, 2.75) is 39.3 Å². The predicted octanol–water partition coefficient (Wildman–Crippen LogP) is 2.43. The van der Waals surface area contributed by atoms with E-state index in [2.05, 4.69) is 47.1 Å². The predicted molar refractivity (Wildman–Crippen MR) is 85.0 cm³/mol. The first-order chi connectivity index (χ1) is 9.74. The molecule has 1 saturated heterocycles. The van der Waals surface area contributed by atoms with E-state index >= 15 is 0 Å². The van der Waals surface area contributed by atoms with Crippen LogP contribution >= 0.6 is 0 Å². The fourth-order valence-electron chi connectivity index (χ4n) is 3.00. The number of aromatic nitrogens is 1. The molecule has 0 aliphatic carbocycles. The van der Waals surface area contributed by atoms with Gasteiger partial charge in [-0.3, -0.25) is 4.90 Å². The van der Waals surface area contributed by atoms with Gasteiger partial charge in [-0.1, -0.05) is 13.0 Å². The van der Waals surface area contributed by atoms with Crippen molar-refractivity contribution < 1.29 is 0 Å². The van der Waals surface area contributed by atoms with Crippen molar-refractivity contribution in [3.8, 4) is 0 Å². The van der Waals surface area contributed by atoms with Crippen LogP contribution in [0, 0.1) is 0 Å². The van der Waals surface area contributed by atoms with Crippen molar-refractivity contribution in [1.29, 1.82) is 0 Å². The van der Waals surface area contributed by atoms with Crippen molar-refractivity contribution in [1.82, 2.24) is 14.8 Å². The molecule has 4 nitrogen and oxygen atoms in total. The van der Waals surface area contributed by atoms with E-state index in [9.17, 15) is 0 Å². The Bertz CT molecular complexity index is 407. The van der Waals surface area contributed by atoms with Gasteiger partial charge in [-0.25, -0.2) is 4.98 Å². The number of hydrogen-bond acceptors (Lipinski definition) is 4. The zero-order valence-electron chi connectivity index (χ0n) is 13.1. The number of rotatable bonds is 5. The molecule has 1 fully saturated rings. The Morgan fingerprint density at radius 3 is 2.95 bits per heavy atom. The number of hydrogen-bond donors (Lipinski definition) is 1. The van der Waals surface area contributed by atoms with Crippen LogP contribution in [0.2, 0.25) is 0 Å². The molecule has 1 N–H and O–H groups in total. The van der Waals surface area contributed by atoms with Crippen LogP contribution in [-0.2, 0) is 6.54 Å². The van der Waals surface area contributed by atoms with Crippen LogP contribution in [-0.4, -0.2) is 54.1 Å². The van der Waals surface area contributed by atoms with E-state index in [0.29, 0.717) is 6.04 Å². The Morgan fingerprint density at radius 2 is 2.20 bits per heavy atom. The molecule has 0 radical (unpaired) electrons. The van der Waals surface area contributed by atoms with Gasteiger partial charge < -0.3 is 10.2 Å². The Morgan fingerprint density at radius 1 is 1.35 bits per heavy atom. The first-order valence-electron chi connectivity index (χ1n) is 7.85. The second kappa shape index (κ2) is 7.60. The third-order valence-corrected chi connectivity index (χ3v) is 4.10. The quantitative estimate of drug-likeness (QED) is 0.895. The number of anilines is 1. The van der Waals surface area contributed by atoms with Crippen molar-refractivity contribution in [2.75, 3.05) is 38.5 Å². The minimum Gasteiger partial charge on any atom is -0.370 e. The summed E-state index contributed by atoms with van der Waals surface area (Å²) >= 11 is 0. The summed E-state index contributed by atoms with van der Waals surface area (Å²) in [6, 6.07) is 4.89. The summed E-state index contributed by atoms with van der Waals surface area (Å²) in [5, 5.41) is 3.37. The van der Waals surface area contributed by atoms with E-state index in [1.165, 1.54) is 38.0 Å². The lowest BCUT2D eigenvalue weighted by atomic mass is 10.1. The van der Waals surface area contributed by atoms with Crippen LogP contribution in [0.4, 0.5) is 5.82 Å². The summed E-state index contributed by atoms with van der Waals surface area (Å²) in [6.45, 7) is 9.91. The van der Waals surface area contributed by atoms with E-state index in [1.807, 2.05) is 12.3 Å². The zero-order chi connectivity index (χ0) is 14.4. The molecule has 2 heterocycles. The fraction of sp³-hybridized carbons (Fsp3) is 0.688. The van der Waals surface area contributed by atoms with Gasteiger partial charge in [0.1, 0.15) is 5.82 Å². The molecule has 0 bridgehead atoms. The fourth-order valence-corrected chi connectivity index (χ4v) is 3.00.